The first kappa shape index (κ1) is 16.1. The van der Waals surface area contributed by atoms with Gasteiger partial charge in [0.25, 0.3) is 0 Å². The third-order valence-electron chi connectivity index (χ3n) is 3.35. The number of ether oxygens (including phenoxy) is 1. The molecule has 3 rings (SSSR count). The number of nitrogens with zero attached hydrogens (tertiary/aromatic N) is 1. The van der Waals surface area contributed by atoms with Gasteiger partial charge < -0.3 is 15.5 Å². The van der Waals surface area contributed by atoms with E-state index in [4.69, 9.17) is 4.74 Å². The fourth-order valence-corrected chi connectivity index (χ4v) is 3.13. The number of amides is 1. The van der Waals surface area contributed by atoms with Crippen molar-refractivity contribution in [1.29, 1.82) is 0 Å². The zero-order valence-electron chi connectivity index (χ0n) is 13.2. The largest absolute Gasteiger partial charge is 0.497 e. The summed E-state index contributed by atoms with van der Waals surface area (Å²) in [4.78, 5) is 13.8. The summed E-state index contributed by atoms with van der Waals surface area (Å²) in [5, 5.41) is 7.07. The molecule has 24 heavy (non-hydrogen) atoms. The van der Waals surface area contributed by atoms with Gasteiger partial charge in [-0.2, -0.15) is 5.10 Å². The first-order valence-corrected chi connectivity index (χ1v) is 8.24. The van der Waals surface area contributed by atoms with Crippen LogP contribution in [0.25, 0.3) is 0 Å². The number of benzene rings is 2. The summed E-state index contributed by atoms with van der Waals surface area (Å²) >= 11 is 1.56. The van der Waals surface area contributed by atoms with Crippen molar-refractivity contribution in [3.8, 4) is 5.75 Å². The summed E-state index contributed by atoms with van der Waals surface area (Å²) in [5.41, 5.74) is 4.78. The second-order valence-electron chi connectivity index (χ2n) is 5.06. The molecule has 2 N–H and O–H groups in total. The van der Waals surface area contributed by atoms with Crippen molar-refractivity contribution < 1.29 is 9.53 Å². The number of nitrogens with one attached hydrogen (secondary N) is 2. The van der Waals surface area contributed by atoms with Gasteiger partial charge in [-0.1, -0.05) is 23.9 Å². The quantitative estimate of drug-likeness (QED) is 0.648. The normalized spacial score (nSPS) is 13.7. The van der Waals surface area contributed by atoms with Gasteiger partial charge in [-0.3, -0.25) is 4.79 Å². The molecule has 0 bridgehead atoms. The van der Waals surface area contributed by atoms with Crippen molar-refractivity contribution >= 4 is 29.6 Å². The maximum atomic E-state index is 11.9. The van der Waals surface area contributed by atoms with Crippen LogP contribution in [0.4, 0.5) is 5.69 Å². The molecule has 0 atom stereocenters. The molecule has 0 fully saturated rings. The first-order valence-electron chi connectivity index (χ1n) is 7.43. The van der Waals surface area contributed by atoms with Crippen LogP contribution in [0.3, 0.4) is 0 Å². The average molecular weight is 339 g/mol. The molecule has 122 valence electrons. The van der Waals surface area contributed by atoms with E-state index in [0.29, 0.717) is 6.54 Å². The minimum Gasteiger partial charge on any atom is -0.497 e. The molecule has 6 heteroatoms. The van der Waals surface area contributed by atoms with Crippen LogP contribution < -0.4 is 15.5 Å². The Morgan fingerprint density at radius 2 is 2.00 bits per heavy atom. The van der Waals surface area contributed by atoms with Gasteiger partial charge in [0.2, 0.25) is 5.91 Å². The van der Waals surface area contributed by atoms with Gasteiger partial charge in [0.1, 0.15) is 5.75 Å². The van der Waals surface area contributed by atoms with Crippen LogP contribution >= 0.6 is 11.8 Å². The highest BCUT2D eigenvalue weighted by Gasteiger charge is 2.13. The van der Waals surface area contributed by atoms with Crippen LogP contribution in [0.5, 0.6) is 5.75 Å². The van der Waals surface area contributed by atoms with E-state index in [-0.39, 0.29) is 5.91 Å². The number of anilines is 1. The SMILES string of the molecule is COc1ccc(/C=N/NCC2=CC(=O)Nc3ccccc3S2)cc1. The molecule has 1 aliphatic heterocycles. The Labute approximate surface area is 144 Å². The number of fused-ring (bicyclic) bond motifs is 1. The van der Waals surface area contributed by atoms with Crippen molar-refractivity contribution in [3.05, 3.63) is 65.1 Å². The average Bonchev–Trinajstić information content (AvgIpc) is 2.76. The minimum atomic E-state index is -0.122. The van der Waals surface area contributed by atoms with Crippen LogP contribution in [0.15, 0.2) is 69.5 Å². The molecule has 0 radical (unpaired) electrons. The van der Waals surface area contributed by atoms with Crippen molar-refractivity contribution in [3.63, 3.8) is 0 Å². The van der Waals surface area contributed by atoms with Gasteiger partial charge in [-0.05, 0) is 42.0 Å². The predicted octanol–water partition coefficient (Wildman–Crippen LogP) is 3.25. The van der Waals surface area contributed by atoms with E-state index >= 15 is 0 Å². The molecule has 1 aliphatic rings. The standard InChI is InChI=1S/C18H17N3O2S/c1-23-14-8-6-13(7-9-14)11-19-20-12-15-10-18(22)21-16-4-2-3-5-17(16)24-15/h2-11,20H,12H2,1H3,(H,21,22)/b19-11+. The van der Waals surface area contributed by atoms with Crippen LogP contribution in [0.1, 0.15) is 5.56 Å². The van der Waals surface area contributed by atoms with Crippen LogP contribution in [0, 0.1) is 0 Å². The third kappa shape index (κ3) is 4.17. The van der Waals surface area contributed by atoms with Crippen LogP contribution in [0.2, 0.25) is 0 Å². The molecular weight excluding hydrogens is 322 g/mol. The number of rotatable bonds is 5. The molecule has 0 aromatic heterocycles. The predicted molar refractivity (Wildman–Crippen MR) is 97.6 cm³/mol. The summed E-state index contributed by atoms with van der Waals surface area (Å²) in [6.45, 7) is 0.485. The highest BCUT2D eigenvalue weighted by molar-refractivity contribution is 8.03. The molecule has 0 unspecified atom stereocenters. The lowest BCUT2D eigenvalue weighted by Gasteiger charge is -2.06. The van der Waals surface area contributed by atoms with E-state index in [1.807, 2.05) is 48.5 Å². The maximum Gasteiger partial charge on any atom is 0.249 e. The number of carbonyl (C=O) groups excluding carboxylic acids is 1. The monoisotopic (exact) mass is 339 g/mol. The Morgan fingerprint density at radius 1 is 1.21 bits per heavy atom. The fourth-order valence-electron chi connectivity index (χ4n) is 2.17. The Kier molecular flexibility index (Phi) is 5.18. The molecular formula is C18H17N3O2S. The number of carbonyl (C=O) groups is 1. The summed E-state index contributed by atoms with van der Waals surface area (Å²) in [6, 6.07) is 15.4. The number of hydrogen-bond acceptors (Lipinski definition) is 5. The van der Waals surface area contributed by atoms with Crippen LogP contribution in [-0.4, -0.2) is 25.8 Å². The number of thioether (sulfide) groups is 1. The second-order valence-corrected chi connectivity index (χ2v) is 6.23. The molecule has 2 aromatic carbocycles. The molecule has 0 aliphatic carbocycles. The number of hydrazone groups is 1. The van der Waals surface area contributed by atoms with Crippen molar-refractivity contribution in [1.82, 2.24) is 5.43 Å². The Hall–Kier alpha value is -2.73. The van der Waals surface area contributed by atoms with Gasteiger partial charge in [-0.15, -0.1) is 0 Å². The molecule has 0 saturated carbocycles. The second kappa shape index (κ2) is 7.70. The number of para-hydroxylation sites is 1. The molecule has 0 saturated heterocycles. The smallest absolute Gasteiger partial charge is 0.249 e. The van der Waals surface area contributed by atoms with E-state index in [0.717, 1.165) is 26.8 Å². The van der Waals surface area contributed by atoms with E-state index in [9.17, 15) is 4.79 Å². The van der Waals surface area contributed by atoms with Gasteiger partial charge in [-0.25, -0.2) is 0 Å². The Bertz CT molecular complexity index is 785. The third-order valence-corrected chi connectivity index (χ3v) is 4.45. The zero-order chi connectivity index (χ0) is 16.8. The van der Waals surface area contributed by atoms with Crippen molar-refractivity contribution in [2.45, 2.75) is 4.90 Å². The van der Waals surface area contributed by atoms with E-state index in [1.54, 1.807) is 31.2 Å². The minimum absolute atomic E-state index is 0.122. The fraction of sp³-hybridized carbons (Fsp3) is 0.111. The van der Waals surface area contributed by atoms with Crippen molar-refractivity contribution in [2.24, 2.45) is 5.10 Å². The maximum absolute atomic E-state index is 11.9. The lowest BCUT2D eigenvalue weighted by molar-refractivity contribution is -0.111. The number of methoxy groups -OCH3 is 1. The zero-order valence-corrected chi connectivity index (χ0v) is 14.0. The molecule has 1 amide bonds. The first-order chi connectivity index (χ1) is 11.7. The van der Waals surface area contributed by atoms with E-state index in [1.165, 1.54) is 0 Å². The molecule has 2 aromatic rings. The van der Waals surface area contributed by atoms with Crippen LogP contribution in [-0.2, 0) is 4.79 Å². The number of hydrogen-bond donors (Lipinski definition) is 2. The summed E-state index contributed by atoms with van der Waals surface area (Å²) in [7, 11) is 1.64. The lowest BCUT2D eigenvalue weighted by Crippen LogP contribution is -2.11. The van der Waals surface area contributed by atoms with Gasteiger partial charge in [0.05, 0.1) is 25.6 Å². The summed E-state index contributed by atoms with van der Waals surface area (Å²) in [6.07, 6.45) is 3.33. The van der Waals surface area contributed by atoms with E-state index in [2.05, 4.69) is 15.8 Å². The lowest BCUT2D eigenvalue weighted by atomic mass is 10.2. The highest BCUT2D eigenvalue weighted by Crippen LogP contribution is 2.34. The molecule has 1 heterocycles. The van der Waals surface area contributed by atoms with Gasteiger partial charge >= 0.3 is 0 Å². The molecule has 0 spiro atoms. The summed E-state index contributed by atoms with van der Waals surface area (Å²) in [5.74, 6) is 0.688. The Balaban J connectivity index is 1.59. The van der Waals surface area contributed by atoms with E-state index < -0.39 is 0 Å². The molecule has 5 nitrogen and oxygen atoms in total. The topological polar surface area (TPSA) is 62.7 Å². The van der Waals surface area contributed by atoms with Gasteiger partial charge in [0, 0.05) is 15.9 Å². The van der Waals surface area contributed by atoms with Gasteiger partial charge in [0.15, 0.2) is 0 Å². The highest BCUT2D eigenvalue weighted by atomic mass is 32.2. The Morgan fingerprint density at radius 3 is 2.79 bits per heavy atom. The summed E-state index contributed by atoms with van der Waals surface area (Å²) < 4.78 is 5.12. The van der Waals surface area contributed by atoms with Crippen molar-refractivity contribution in [2.75, 3.05) is 19.0 Å².